The zero-order valence-corrected chi connectivity index (χ0v) is 18.5. The standard InChI is InChI=1S/C25H32N2O4/c1-18(14-19(2)28)20-5-7-22(8-6-20)31-23-10-12-27(16-23)21-9-11-26-25(15-21)30-17-24-4-3-13-29-24/h5-9,11,15,18,23-24H,3-4,10,12-14,16-17H2,1-2H3/t18-,23-,24?/m1/s1. The van der Waals surface area contributed by atoms with Crippen LogP contribution in [-0.2, 0) is 9.53 Å². The van der Waals surface area contributed by atoms with Crippen molar-refractivity contribution in [3.8, 4) is 11.6 Å². The Bertz CT molecular complexity index is 864. The lowest BCUT2D eigenvalue weighted by Crippen LogP contribution is -2.24. The molecule has 31 heavy (non-hydrogen) atoms. The Morgan fingerprint density at radius 2 is 2.10 bits per heavy atom. The molecule has 0 N–H and O–H groups in total. The van der Waals surface area contributed by atoms with Gasteiger partial charge in [-0.15, -0.1) is 0 Å². The average molecular weight is 425 g/mol. The van der Waals surface area contributed by atoms with E-state index < -0.39 is 0 Å². The number of carbonyl (C=O) groups excluding carboxylic acids is 1. The largest absolute Gasteiger partial charge is 0.489 e. The predicted octanol–water partition coefficient (Wildman–Crippen LogP) is 4.38. The van der Waals surface area contributed by atoms with Gasteiger partial charge in [-0.25, -0.2) is 4.98 Å². The highest BCUT2D eigenvalue weighted by Gasteiger charge is 2.25. The molecule has 1 unspecified atom stereocenters. The molecule has 0 saturated carbocycles. The minimum absolute atomic E-state index is 0.143. The second-order valence-corrected chi connectivity index (χ2v) is 8.65. The van der Waals surface area contributed by atoms with E-state index in [2.05, 4.69) is 28.9 Å². The Morgan fingerprint density at radius 1 is 1.26 bits per heavy atom. The SMILES string of the molecule is CC(=O)C[C@@H](C)c1ccc(O[C@@H]2CCN(c3ccnc(OCC4CCCO4)c3)C2)cc1. The maximum Gasteiger partial charge on any atom is 0.215 e. The van der Waals surface area contributed by atoms with Crippen LogP contribution in [0.1, 0.15) is 51.0 Å². The molecule has 3 atom stereocenters. The minimum Gasteiger partial charge on any atom is -0.489 e. The molecular formula is C25H32N2O4. The molecule has 2 fully saturated rings. The number of benzene rings is 1. The first kappa shape index (κ1) is 21.6. The molecule has 2 aromatic rings. The zero-order chi connectivity index (χ0) is 21.6. The van der Waals surface area contributed by atoms with Crippen molar-refractivity contribution >= 4 is 11.5 Å². The molecule has 4 rings (SSSR count). The summed E-state index contributed by atoms with van der Waals surface area (Å²) in [7, 11) is 0. The van der Waals surface area contributed by atoms with Crippen LogP contribution < -0.4 is 14.4 Å². The molecule has 1 aromatic heterocycles. The first-order valence-corrected chi connectivity index (χ1v) is 11.3. The Labute approximate surface area is 184 Å². The maximum atomic E-state index is 11.3. The molecule has 0 amide bonds. The lowest BCUT2D eigenvalue weighted by atomic mass is 9.96. The molecule has 0 radical (unpaired) electrons. The highest BCUT2D eigenvalue weighted by molar-refractivity contribution is 5.76. The smallest absolute Gasteiger partial charge is 0.215 e. The predicted molar refractivity (Wildman–Crippen MR) is 120 cm³/mol. The van der Waals surface area contributed by atoms with Gasteiger partial charge < -0.3 is 23.9 Å². The van der Waals surface area contributed by atoms with Gasteiger partial charge in [-0.05, 0) is 49.4 Å². The van der Waals surface area contributed by atoms with Crippen molar-refractivity contribution in [3.05, 3.63) is 48.2 Å². The maximum absolute atomic E-state index is 11.3. The first-order valence-electron chi connectivity index (χ1n) is 11.3. The van der Waals surface area contributed by atoms with Crippen LogP contribution in [0.4, 0.5) is 5.69 Å². The number of Topliss-reactive ketones (excluding diaryl/α,β-unsaturated/α-hetero) is 1. The fraction of sp³-hybridized carbons (Fsp3) is 0.520. The van der Waals surface area contributed by atoms with Crippen LogP contribution in [0.15, 0.2) is 42.6 Å². The minimum atomic E-state index is 0.143. The molecule has 2 aliphatic rings. The van der Waals surface area contributed by atoms with E-state index in [0.29, 0.717) is 18.9 Å². The van der Waals surface area contributed by atoms with E-state index in [1.807, 2.05) is 24.3 Å². The van der Waals surface area contributed by atoms with Crippen molar-refractivity contribution in [2.24, 2.45) is 0 Å². The van der Waals surface area contributed by atoms with E-state index >= 15 is 0 Å². The van der Waals surface area contributed by atoms with Gasteiger partial charge in [-0.2, -0.15) is 0 Å². The van der Waals surface area contributed by atoms with Crippen molar-refractivity contribution in [1.82, 2.24) is 4.98 Å². The second-order valence-electron chi connectivity index (χ2n) is 8.65. The van der Waals surface area contributed by atoms with Gasteiger partial charge in [0, 0.05) is 43.9 Å². The molecule has 2 aliphatic heterocycles. The molecule has 6 nitrogen and oxygen atoms in total. The van der Waals surface area contributed by atoms with Gasteiger partial charge in [0.25, 0.3) is 0 Å². The number of carbonyl (C=O) groups is 1. The van der Waals surface area contributed by atoms with Crippen LogP contribution in [0.2, 0.25) is 0 Å². The summed E-state index contributed by atoms with van der Waals surface area (Å²) in [6.45, 7) is 6.88. The van der Waals surface area contributed by atoms with Crippen molar-refractivity contribution in [2.75, 3.05) is 31.2 Å². The third kappa shape index (κ3) is 5.97. The van der Waals surface area contributed by atoms with Crippen molar-refractivity contribution in [1.29, 1.82) is 0 Å². The topological polar surface area (TPSA) is 60.9 Å². The van der Waals surface area contributed by atoms with E-state index in [4.69, 9.17) is 14.2 Å². The van der Waals surface area contributed by atoms with Crippen LogP contribution in [0, 0.1) is 0 Å². The number of nitrogens with zero attached hydrogens (tertiary/aromatic N) is 2. The van der Waals surface area contributed by atoms with E-state index in [1.54, 1.807) is 13.1 Å². The fourth-order valence-corrected chi connectivity index (χ4v) is 4.30. The number of ether oxygens (including phenoxy) is 3. The van der Waals surface area contributed by atoms with Crippen LogP contribution >= 0.6 is 0 Å². The van der Waals surface area contributed by atoms with Crippen LogP contribution in [0.5, 0.6) is 11.6 Å². The number of pyridine rings is 1. The van der Waals surface area contributed by atoms with Crippen molar-refractivity contribution in [2.45, 2.75) is 57.7 Å². The summed E-state index contributed by atoms with van der Waals surface area (Å²) in [6, 6.07) is 12.2. The number of aromatic nitrogens is 1. The molecule has 166 valence electrons. The summed E-state index contributed by atoms with van der Waals surface area (Å²) in [6.07, 6.45) is 5.84. The lowest BCUT2D eigenvalue weighted by Gasteiger charge is -2.20. The summed E-state index contributed by atoms with van der Waals surface area (Å²) < 4.78 is 17.7. The lowest BCUT2D eigenvalue weighted by molar-refractivity contribution is -0.117. The monoisotopic (exact) mass is 424 g/mol. The van der Waals surface area contributed by atoms with Crippen LogP contribution in [0.3, 0.4) is 0 Å². The average Bonchev–Trinajstić information content (AvgIpc) is 3.45. The van der Waals surface area contributed by atoms with E-state index in [9.17, 15) is 4.79 Å². The normalized spacial score (nSPS) is 21.8. The second kappa shape index (κ2) is 10.1. The van der Waals surface area contributed by atoms with Crippen LogP contribution in [0.25, 0.3) is 0 Å². The van der Waals surface area contributed by atoms with Gasteiger partial charge in [0.05, 0.1) is 12.6 Å². The van der Waals surface area contributed by atoms with Crippen molar-refractivity contribution in [3.63, 3.8) is 0 Å². The van der Waals surface area contributed by atoms with Crippen LogP contribution in [-0.4, -0.2) is 49.3 Å². The molecule has 6 heteroatoms. The number of hydrogen-bond donors (Lipinski definition) is 0. The van der Waals surface area contributed by atoms with E-state index in [1.165, 1.54) is 5.56 Å². The summed E-state index contributed by atoms with van der Waals surface area (Å²) in [5, 5.41) is 0. The number of hydrogen-bond acceptors (Lipinski definition) is 6. The Morgan fingerprint density at radius 3 is 2.84 bits per heavy atom. The molecule has 2 saturated heterocycles. The Hall–Kier alpha value is -2.60. The van der Waals surface area contributed by atoms with Crippen molar-refractivity contribution < 1.29 is 19.0 Å². The van der Waals surface area contributed by atoms with Gasteiger partial charge in [0.15, 0.2) is 0 Å². The molecule has 1 aromatic carbocycles. The summed E-state index contributed by atoms with van der Waals surface area (Å²) in [4.78, 5) is 18.0. The van der Waals surface area contributed by atoms with Gasteiger partial charge in [0.1, 0.15) is 24.2 Å². The summed E-state index contributed by atoms with van der Waals surface area (Å²) >= 11 is 0. The van der Waals surface area contributed by atoms with Gasteiger partial charge in [-0.1, -0.05) is 19.1 Å². The van der Waals surface area contributed by atoms with Gasteiger partial charge >= 0.3 is 0 Å². The molecule has 0 spiro atoms. The Balaban J connectivity index is 1.29. The quantitative estimate of drug-likeness (QED) is 0.595. The third-order valence-corrected chi connectivity index (χ3v) is 6.02. The molecule has 3 heterocycles. The Kier molecular flexibility index (Phi) is 7.07. The number of ketones is 1. The molecular weight excluding hydrogens is 392 g/mol. The fourth-order valence-electron chi connectivity index (χ4n) is 4.30. The van der Waals surface area contributed by atoms with Gasteiger partial charge in [-0.3, -0.25) is 0 Å². The van der Waals surface area contributed by atoms with E-state index in [0.717, 1.165) is 50.4 Å². The summed E-state index contributed by atoms with van der Waals surface area (Å²) in [5.41, 5.74) is 2.28. The molecule has 0 bridgehead atoms. The molecule has 0 aliphatic carbocycles. The number of anilines is 1. The van der Waals surface area contributed by atoms with E-state index in [-0.39, 0.29) is 23.9 Å². The summed E-state index contributed by atoms with van der Waals surface area (Å²) in [5.74, 6) is 1.97. The van der Waals surface area contributed by atoms with Gasteiger partial charge in [0.2, 0.25) is 5.88 Å². The highest BCUT2D eigenvalue weighted by atomic mass is 16.5. The first-order chi connectivity index (χ1) is 15.1. The third-order valence-electron chi connectivity index (χ3n) is 6.02. The zero-order valence-electron chi connectivity index (χ0n) is 18.5. The highest BCUT2D eigenvalue weighted by Crippen LogP contribution is 2.27. The number of rotatable bonds is 9.